The van der Waals surface area contributed by atoms with E-state index in [-0.39, 0.29) is 0 Å². The lowest BCUT2D eigenvalue weighted by molar-refractivity contribution is 0.575. The van der Waals surface area contributed by atoms with E-state index in [1.807, 2.05) is 0 Å². The van der Waals surface area contributed by atoms with Gasteiger partial charge in [-0.15, -0.1) is 0 Å². The molecule has 0 amide bonds. The van der Waals surface area contributed by atoms with Crippen molar-refractivity contribution in [3.63, 3.8) is 0 Å². The Kier molecular flexibility index (Phi) is 4.78. The van der Waals surface area contributed by atoms with E-state index in [1.165, 1.54) is 12.3 Å². The fourth-order valence-electron chi connectivity index (χ4n) is 0.678. The van der Waals surface area contributed by atoms with Gasteiger partial charge in [-0.1, -0.05) is 20.8 Å². The Morgan fingerprint density at radius 1 is 1.44 bits per heavy atom. The van der Waals surface area contributed by atoms with Crippen LogP contribution in [0.3, 0.4) is 0 Å². The Labute approximate surface area is 58.6 Å². The van der Waals surface area contributed by atoms with Gasteiger partial charge in [-0.25, -0.2) is 0 Å². The highest BCUT2D eigenvalue weighted by atomic mass is 14.6. The first kappa shape index (κ1) is 8.96. The molecule has 0 heterocycles. The Morgan fingerprint density at radius 3 is 2.33 bits per heavy atom. The second-order valence-corrected chi connectivity index (χ2v) is 2.91. The minimum atomic E-state index is 0.417. The zero-order valence-electron chi connectivity index (χ0n) is 6.78. The molecule has 55 valence electrons. The van der Waals surface area contributed by atoms with Gasteiger partial charge in [0.05, 0.1) is 0 Å². The number of hydrogen-bond acceptors (Lipinski definition) is 1. The monoisotopic (exact) mass is 128 g/mol. The van der Waals surface area contributed by atoms with Gasteiger partial charge in [0.15, 0.2) is 0 Å². The van der Waals surface area contributed by atoms with E-state index in [1.54, 1.807) is 0 Å². The van der Waals surface area contributed by atoms with Gasteiger partial charge < -0.3 is 5.73 Å². The number of hydrogen-bond donors (Lipinski definition) is 1. The highest BCUT2D eigenvalue weighted by Gasteiger charge is 2.00. The molecule has 0 aliphatic carbocycles. The van der Waals surface area contributed by atoms with Crippen molar-refractivity contribution < 1.29 is 0 Å². The third-order valence-electron chi connectivity index (χ3n) is 1.54. The molecule has 0 saturated heterocycles. The topological polar surface area (TPSA) is 26.0 Å². The summed E-state index contributed by atoms with van der Waals surface area (Å²) in [4.78, 5) is 0. The molecule has 0 rings (SSSR count). The molecule has 1 heteroatoms. The number of rotatable bonds is 4. The van der Waals surface area contributed by atoms with E-state index in [0.29, 0.717) is 6.04 Å². The van der Waals surface area contributed by atoms with Crippen LogP contribution in [0.4, 0.5) is 0 Å². The van der Waals surface area contributed by atoms with Crippen LogP contribution in [0.15, 0.2) is 0 Å². The summed E-state index contributed by atoms with van der Waals surface area (Å²) in [5.74, 6) is 1.49. The molecule has 0 aromatic carbocycles. The zero-order valence-corrected chi connectivity index (χ0v) is 6.78. The summed E-state index contributed by atoms with van der Waals surface area (Å²) in [6, 6.07) is 0.417. The Bertz CT molecular complexity index is 59.6. The average Bonchev–Trinajstić information content (AvgIpc) is 1.83. The summed E-state index contributed by atoms with van der Waals surface area (Å²) in [7, 11) is 0. The molecule has 0 aliphatic heterocycles. The van der Waals surface area contributed by atoms with E-state index in [0.717, 1.165) is 12.8 Å². The predicted octanol–water partition coefficient (Wildman–Crippen LogP) is 2.12. The van der Waals surface area contributed by atoms with E-state index in [9.17, 15) is 0 Å². The minimum Gasteiger partial charge on any atom is -0.328 e. The molecule has 0 aliphatic rings. The summed E-state index contributed by atoms with van der Waals surface area (Å²) in [6.07, 6.45) is 3.45. The molecule has 9 heavy (non-hydrogen) atoms. The lowest BCUT2D eigenvalue weighted by Crippen LogP contribution is -2.18. The highest BCUT2D eigenvalue weighted by Crippen LogP contribution is 2.08. The molecule has 1 atom stereocenters. The molecule has 0 saturated carbocycles. The van der Waals surface area contributed by atoms with Crippen LogP contribution in [-0.2, 0) is 0 Å². The quantitative estimate of drug-likeness (QED) is 0.616. The van der Waals surface area contributed by atoms with Crippen LogP contribution in [-0.4, -0.2) is 6.04 Å². The summed E-state index contributed by atoms with van der Waals surface area (Å²) >= 11 is 0. The molecule has 0 aromatic heterocycles. The van der Waals surface area contributed by atoms with E-state index >= 15 is 0 Å². The van der Waals surface area contributed by atoms with Crippen LogP contribution in [0.25, 0.3) is 0 Å². The van der Waals surface area contributed by atoms with E-state index in [2.05, 4.69) is 20.8 Å². The van der Waals surface area contributed by atoms with Crippen molar-refractivity contribution in [2.45, 2.75) is 46.1 Å². The van der Waals surface area contributed by atoms with Gasteiger partial charge in [-0.05, 0) is 25.2 Å². The zero-order chi connectivity index (χ0) is 7.28. The normalized spacial score (nSPS) is 14.3. The Hall–Kier alpha value is -0.0400. The molecule has 2 N–H and O–H groups in total. The summed E-state index contributed by atoms with van der Waals surface area (Å²) < 4.78 is 0. The second kappa shape index (κ2) is 4.80. The van der Waals surface area contributed by atoms with Crippen LogP contribution < -0.4 is 5.73 Å². The van der Waals surface area contributed by atoms with Crippen molar-refractivity contribution in [3.05, 3.63) is 5.92 Å². The molecular weight excluding hydrogens is 110 g/mol. The fraction of sp³-hybridized carbons (Fsp3) is 0.875. The first-order valence-corrected chi connectivity index (χ1v) is 3.71. The Balaban J connectivity index is 3.06. The van der Waals surface area contributed by atoms with Crippen molar-refractivity contribution in [3.8, 4) is 0 Å². The lowest BCUT2D eigenvalue weighted by atomic mass is 10.0. The molecule has 0 spiro atoms. The minimum absolute atomic E-state index is 0.417. The average molecular weight is 128 g/mol. The molecule has 1 unspecified atom stereocenters. The van der Waals surface area contributed by atoms with Crippen molar-refractivity contribution in [2.75, 3.05) is 0 Å². The first-order valence-electron chi connectivity index (χ1n) is 3.71. The molecular formula is C8H18N. The van der Waals surface area contributed by atoms with Crippen LogP contribution in [0, 0.1) is 5.92 Å². The smallest absolute Gasteiger partial charge is 0.00364 e. The molecule has 0 aromatic rings. The van der Waals surface area contributed by atoms with Gasteiger partial charge in [0.1, 0.15) is 0 Å². The second-order valence-electron chi connectivity index (χ2n) is 2.91. The van der Waals surface area contributed by atoms with Crippen LogP contribution in [0.1, 0.15) is 40.0 Å². The molecule has 0 bridgehead atoms. The lowest BCUT2D eigenvalue weighted by Gasteiger charge is -2.08. The molecule has 1 nitrogen and oxygen atoms in total. The van der Waals surface area contributed by atoms with E-state index < -0.39 is 0 Å². The highest BCUT2D eigenvalue weighted by molar-refractivity contribution is 4.78. The van der Waals surface area contributed by atoms with Crippen LogP contribution in [0.2, 0.25) is 0 Å². The SMILES string of the molecule is CCC(N)CC[C](C)C. The molecule has 0 fully saturated rings. The maximum absolute atomic E-state index is 5.71. The maximum atomic E-state index is 5.71. The third-order valence-corrected chi connectivity index (χ3v) is 1.54. The summed E-state index contributed by atoms with van der Waals surface area (Å²) in [6.45, 7) is 6.44. The van der Waals surface area contributed by atoms with Crippen molar-refractivity contribution in [1.82, 2.24) is 0 Å². The largest absolute Gasteiger partial charge is 0.328 e. The Morgan fingerprint density at radius 2 is 2.00 bits per heavy atom. The van der Waals surface area contributed by atoms with Gasteiger partial charge in [-0.3, -0.25) is 0 Å². The predicted molar refractivity (Wildman–Crippen MR) is 42.1 cm³/mol. The summed E-state index contributed by atoms with van der Waals surface area (Å²) in [5.41, 5.74) is 5.71. The first-order chi connectivity index (χ1) is 4.16. The van der Waals surface area contributed by atoms with Gasteiger partial charge in [0, 0.05) is 6.04 Å². The van der Waals surface area contributed by atoms with Crippen molar-refractivity contribution in [2.24, 2.45) is 5.73 Å². The van der Waals surface area contributed by atoms with Crippen LogP contribution in [0.5, 0.6) is 0 Å². The van der Waals surface area contributed by atoms with Crippen LogP contribution >= 0.6 is 0 Å². The third kappa shape index (κ3) is 5.84. The van der Waals surface area contributed by atoms with Crippen molar-refractivity contribution in [1.29, 1.82) is 0 Å². The number of nitrogens with two attached hydrogens (primary N) is 1. The van der Waals surface area contributed by atoms with Crippen molar-refractivity contribution >= 4 is 0 Å². The van der Waals surface area contributed by atoms with E-state index in [4.69, 9.17) is 5.73 Å². The maximum Gasteiger partial charge on any atom is 0.00364 e. The standard InChI is InChI=1S/C8H18N/c1-4-8(9)6-5-7(2)3/h8H,4-6,9H2,1-3H3. The van der Waals surface area contributed by atoms with Gasteiger partial charge in [0.2, 0.25) is 0 Å². The van der Waals surface area contributed by atoms with Gasteiger partial charge in [0.25, 0.3) is 0 Å². The van der Waals surface area contributed by atoms with Gasteiger partial charge >= 0.3 is 0 Å². The molecule has 1 radical (unpaired) electrons. The summed E-state index contributed by atoms with van der Waals surface area (Å²) in [5, 5.41) is 0. The van der Waals surface area contributed by atoms with Gasteiger partial charge in [-0.2, -0.15) is 0 Å². The fourth-order valence-corrected chi connectivity index (χ4v) is 0.678.